The van der Waals surface area contributed by atoms with Crippen molar-refractivity contribution in [1.29, 1.82) is 0 Å². The second-order valence-corrected chi connectivity index (χ2v) is 5.02. The molecular weight excluding hydrogens is 330 g/mol. The maximum Gasteiger partial charge on any atom is 0.323 e. The minimum absolute atomic E-state index is 0.465. The molecule has 0 aromatic heterocycles. The van der Waals surface area contributed by atoms with E-state index in [2.05, 4.69) is 21.2 Å². The fraction of sp³-hybridized carbons (Fsp3) is 0.250. The number of carbonyl (C=O) groups is 3. The van der Waals surface area contributed by atoms with Gasteiger partial charge in [0.2, 0.25) is 5.91 Å². The van der Waals surface area contributed by atoms with E-state index in [1.807, 2.05) is 0 Å². The molecule has 0 bridgehead atoms. The van der Waals surface area contributed by atoms with E-state index in [0.717, 1.165) is 14.9 Å². The van der Waals surface area contributed by atoms with Crippen LogP contribution in [0.1, 0.15) is 5.56 Å². The number of nitrogens with one attached hydrogen (secondary N) is 1. The minimum atomic E-state index is -1.23. The predicted octanol–water partition coefficient (Wildman–Crippen LogP) is 1.16. The highest BCUT2D eigenvalue weighted by Crippen LogP contribution is 2.20. The monoisotopic (exact) mass is 343 g/mol. The molecule has 0 spiro atoms. The third-order valence-electron chi connectivity index (χ3n) is 2.39. The Hall–Kier alpha value is -2.09. The average molecular weight is 344 g/mol. The van der Waals surface area contributed by atoms with Crippen LogP contribution >= 0.6 is 15.9 Å². The molecule has 3 amide bonds. The van der Waals surface area contributed by atoms with E-state index < -0.39 is 31.0 Å². The number of hydrogen-bond donors (Lipinski definition) is 3. The fourth-order valence-corrected chi connectivity index (χ4v) is 1.99. The first-order valence-electron chi connectivity index (χ1n) is 5.61. The summed E-state index contributed by atoms with van der Waals surface area (Å²) in [5.41, 5.74) is 6.31. The fourth-order valence-electron chi connectivity index (χ4n) is 1.51. The first kappa shape index (κ1) is 16.0. The molecule has 4 N–H and O–H groups in total. The zero-order valence-corrected chi connectivity index (χ0v) is 12.3. The van der Waals surface area contributed by atoms with Crippen LogP contribution in [0, 0.1) is 6.92 Å². The van der Waals surface area contributed by atoms with Crippen molar-refractivity contribution in [2.24, 2.45) is 5.73 Å². The van der Waals surface area contributed by atoms with Gasteiger partial charge < -0.3 is 21.1 Å². The zero-order valence-electron chi connectivity index (χ0n) is 10.7. The molecule has 0 unspecified atom stereocenters. The lowest BCUT2D eigenvalue weighted by molar-refractivity contribution is -0.137. The number of halogens is 1. The van der Waals surface area contributed by atoms with Crippen molar-refractivity contribution in [3.05, 3.63) is 28.2 Å². The second kappa shape index (κ2) is 6.90. The topological polar surface area (TPSA) is 113 Å². The second-order valence-electron chi connectivity index (χ2n) is 4.11. The van der Waals surface area contributed by atoms with Crippen molar-refractivity contribution >= 4 is 39.5 Å². The predicted molar refractivity (Wildman–Crippen MR) is 76.3 cm³/mol. The van der Waals surface area contributed by atoms with Crippen LogP contribution in [-0.2, 0) is 9.59 Å². The van der Waals surface area contributed by atoms with Gasteiger partial charge in [0.15, 0.2) is 0 Å². The quantitative estimate of drug-likeness (QED) is 0.744. The van der Waals surface area contributed by atoms with E-state index >= 15 is 0 Å². The molecule has 0 aliphatic rings. The summed E-state index contributed by atoms with van der Waals surface area (Å²) in [6.45, 7) is 0.716. The van der Waals surface area contributed by atoms with E-state index in [1.54, 1.807) is 25.1 Å². The smallest absolute Gasteiger partial charge is 0.323 e. The van der Waals surface area contributed by atoms with Crippen LogP contribution in [0.15, 0.2) is 22.7 Å². The first-order valence-corrected chi connectivity index (χ1v) is 6.41. The van der Waals surface area contributed by atoms with Gasteiger partial charge in [-0.05, 0) is 30.7 Å². The molecule has 0 saturated carbocycles. The Labute approximate surface area is 123 Å². The van der Waals surface area contributed by atoms with Gasteiger partial charge in [0, 0.05) is 10.2 Å². The summed E-state index contributed by atoms with van der Waals surface area (Å²) in [6, 6.07) is 4.50. The number of urea groups is 1. The Morgan fingerprint density at radius 1 is 1.35 bits per heavy atom. The maximum atomic E-state index is 12.0. The largest absolute Gasteiger partial charge is 0.480 e. The lowest BCUT2D eigenvalue weighted by Crippen LogP contribution is -2.43. The Balaban J connectivity index is 2.84. The van der Waals surface area contributed by atoms with Gasteiger partial charge in [-0.15, -0.1) is 0 Å². The number of nitrogens with two attached hydrogens (primary N) is 1. The summed E-state index contributed by atoms with van der Waals surface area (Å²) in [7, 11) is 0. The highest BCUT2D eigenvalue weighted by Gasteiger charge is 2.19. The molecule has 7 nitrogen and oxygen atoms in total. The molecule has 1 rings (SSSR count). The van der Waals surface area contributed by atoms with Crippen LogP contribution < -0.4 is 11.1 Å². The number of carboxylic acid groups (broad SMARTS) is 1. The van der Waals surface area contributed by atoms with Gasteiger partial charge >= 0.3 is 12.0 Å². The standard InChI is InChI=1S/C12H14BrN3O4/c1-7-4-8(13)2-3-9(7)15-12(20)16(5-10(14)17)6-11(18)19/h2-4H,5-6H2,1H3,(H2,14,17)(H,15,20)(H,18,19). The first-order chi connectivity index (χ1) is 9.29. The number of carboxylic acids is 1. The van der Waals surface area contributed by atoms with Crippen molar-refractivity contribution in [2.75, 3.05) is 18.4 Å². The molecule has 0 aliphatic carbocycles. The molecular formula is C12H14BrN3O4. The van der Waals surface area contributed by atoms with Gasteiger partial charge in [-0.2, -0.15) is 0 Å². The Morgan fingerprint density at radius 3 is 2.50 bits per heavy atom. The van der Waals surface area contributed by atoms with Crippen LogP contribution in [-0.4, -0.2) is 41.0 Å². The van der Waals surface area contributed by atoms with Crippen molar-refractivity contribution in [3.8, 4) is 0 Å². The number of hydrogen-bond acceptors (Lipinski definition) is 3. The number of primary amides is 1. The molecule has 20 heavy (non-hydrogen) atoms. The Kier molecular flexibility index (Phi) is 5.51. The minimum Gasteiger partial charge on any atom is -0.480 e. The number of anilines is 1. The molecule has 1 aromatic rings. The van der Waals surface area contributed by atoms with E-state index in [4.69, 9.17) is 10.8 Å². The lowest BCUT2D eigenvalue weighted by Gasteiger charge is -2.20. The van der Waals surface area contributed by atoms with Crippen LogP contribution in [0.5, 0.6) is 0 Å². The molecule has 0 atom stereocenters. The molecule has 0 radical (unpaired) electrons. The summed E-state index contributed by atoms with van der Waals surface area (Å²) in [4.78, 5) is 34.3. The van der Waals surface area contributed by atoms with E-state index in [0.29, 0.717) is 5.69 Å². The van der Waals surface area contributed by atoms with Gasteiger partial charge in [0.25, 0.3) is 0 Å². The lowest BCUT2D eigenvalue weighted by atomic mass is 10.2. The summed E-state index contributed by atoms with van der Waals surface area (Å²) < 4.78 is 0.854. The number of aryl methyl sites for hydroxylation is 1. The molecule has 0 aliphatic heterocycles. The summed E-state index contributed by atoms with van der Waals surface area (Å²) in [5, 5.41) is 11.3. The average Bonchev–Trinajstić information content (AvgIpc) is 2.30. The Bertz CT molecular complexity index is 532. The SMILES string of the molecule is Cc1cc(Br)ccc1NC(=O)N(CC(N)=O)CC(=O)O. The highest BCUT2D eigenvalue weighted by atomic mass is 79.9. The van der Waals surface area contributed by atoms with Crippen molar-refractivity contribution in [3.63, 3.8) is 0 Å². The third-order valence-corrected chi connectivity index (χ3v) is 2.88. The number of nitrogens with zero attached hydrogens (tertiary/aromatic N) is 1. The number of aliphatic carboxylic acids is 1. The number of carbonyl (C=O) groups excluding carboxylic acids is 2. The molecule has 0 fully saturated rings. The Morgan fingerprint density at radius 2 is 2.00 bits per heavy atom. The van der Waals surface area contributed by atoms with Crippen molar-refractivity contribution in [2.45, 2.75) is 6.92 Å². The van der Waals surface area contributed by atoms with Gasteiger partial charge in [-0.1, -0.05) is 15.9 Å². The summed E-state index contributed by atoms with van der Waals surface area (Å²) in [6.07, 6.45) is 0. The molecule has 0 heterocycles. The molecule has 1 aromatic carbocycles. The zero-order chi connectivity index (χ0) is 15.3. The van der Waals surface area contributed by atoms with Crippen LogP contribution in [0.3, 0.4) is 0 Å². The van der Waals surface area contributed by atoms with Gasteiger partial charge in [-0.25, -0.2) is 4.79 Å². The van der Waals surface area contributed by atoms with Crippen LogP contribution in [0.2, 0.25) is 0 Å². The van der Waals surface area contributed by atoms with E-state index in [9.17, 15) is 14.4 Å². The number of benzene rings is 1. The van der Waals surface area contributed by atoms with Gasteiger partial charge in [0.05, 0.1) is 0 Å². The number of amides is 3. The van der Waals surface area contributed by atoms with Crippen molar-refractivity contribution in [1.82, 2.24) is 4.90 Å². The van der Waals surface area contributed by atoms with Crippen molar-refractivity contribution < 1.29 is 19.5 Å². The highest BCUT2D eigenvalue weighted by molar-refractivity contribution is 9.10. The summed E-state index contributed by atoms with van der Waals surface area (Å²) in [5.74, 6) is -2.01. The normalized spacial score (nSPS) is 9.90. The maximum absolute atomic E-state index is 12.0. The van der Waals surface area contributed by atoms with Crippen LogP contribution in [0.4, 0.5) is 10.5 Å². The summed E-state index contributed by atoms with van der Waals surface area (Å²) >= 11 is 3.29. The van der Waals surface area contributed by atoms with Gasteiger partial charge in [0.1, 0.15) is 13.1 Å². The number of rotatable bonds is 5. The van der Waals surface area contributed by atoms with Crippen LogP contribution in [0.25, 0.3) is 0 Å². The van der Waals surface area contributed by atoms with E-state index in [1.165, 1.54) is 0 Å². The van der Waals surface area contributed by atoms with Gasteiger partial charge in [-0.3, -0.25) is 9.59 Å². The molecule has 8 heteroatoms. The molecule has 0 saturated heterocycles. The van der Waals surface area contributed by atoms with E-state index in [-0.39, 0.29) is 0 Å². The third kappa shape index (κ3) is 4.88. The molecule has 108 valence electrons.